The van der Waals surface area contributed by atoms with Gasteiger partial charge in [0, 0.05) is 22.1 Å². The van der Waals surface area contributed by atoms with Crippen molar-refractivity contribution in [1.82, 2.24) is 10.2 Å². The molecule has 0 unspecified atom stereocenters. The van der Waals surface area contributed by atoms with Gasteiger partial charge in [-0.2, -0.15) is 5.10 Å². The maximum Gasteiger partial charge on any atom is 0.314 e. The fourth-order valence-electron chi connectivity index (χ4n) is 2.72. The molecule has 0 bridgehead atoms. The first-order valence-corrected chi connectivity index (χ1v) is 7.74. The van der Waals surface area contributed by atoms with Crippen LogP contribution in [0.3, 0.4) is 0 Å². The van der Waals surface area contributed by atoms with Gasteiger partial charge < -0.3 is 10.6 Å². The molecule has 4 aromatic rings. The van der Waals surface area contributed by atoms with E-state index in [1.54, 1.807) is 24.4 Å². The molecule has 3 N–H and O–H groups in total. The molecule has 0 spiro atoms. The third-order valence-electron chi connectivity index (χ3n) is 3.94. The molecule has 122 valence electrons. The van der Waals surface area contributed by atoms with Crippen LogP contribution in [0.2, 0.25) is 0 Å². The average Bonchev–Trinajstić information content (AvgIpc) is 3.10. The Kier molecular flexibility index (Phi) is 3.63. The first kappa shape index (κ1) is 14.9. The van der Waals surface area contributed by atoms with E-state index in [4.69, 9.17) is 0 Å². The number of fused-ring (bicyclic) bond motifs is 2. The minimum absolute atomic E-state index is 0.523. The molecule has 0 saturated carbocycles. The molecule has 0 aliphatic carbocycles. The molecule has 3 aromatic carbocycles. The number of carbonyl (C=O) groups is 2. The number of nitrogens with zero attached hydrogens (tertiary/aromatic N) is 1. The van der Waals surface area contributed by atoms with Crippen LogP contribution in [-0.2, 0) is 9.59 Å². The topological polar surface area (TPSA) is 86.9 Å². The summed E-state index contributed by atoms with van der Waals surface area (Å²) in [5.74, 6) is -1.45. The van der Waals surface area contributed by atoms with Gasteiger partial charge in [-0.3, -0.25) is 14.7 Å². The van der Waals surface area contributed by atoms with Gasteiger partial charge in [0.1, 0.15) is 0 Å². The lowest BCUT2D eigenvalue weighted by atomic mass is 10.1. The molecule has 0 aliphatic rings. The van der Waals surface area contributed by atoms with E-state index >= 15 is 0 Å². The Morgan fingerprint density at radius 3 is 2.56 bits per heavy atom. The zero-order valence-electron chi connectivity index (χ0n) is 13.1. The van der Waals surface area contributed by atoms with Gasteiger partial charge in [0.05, 0.1) is 11.7 Å². The lowest BCUT2D eigenvalue weighted by Gasteiger charge is -2.09. The molecule has 2 amide bonds. The van der Waals surface area contributed by atoms with Gasteiger partial charge in [-0.1, -0.05) is 36.4 Å². The monoisotopic (exact) mass is 330 g/mol. The van der Waals surface area contributed by atoms with Gasteiger partial charge in [0.15, 0.2) is 0 Å². The Labute approximate surface area is 142 Å². The second kappa shape index (κ2) is 6.09. The van der Waals surface area contributed by atoms with Crippen LogP contribution >= 0.6 is 0 Å². The number of aromatic nitrogens is 2. The summed E-state index contributed by atoms with van der Waals surface area (Å²) in [7, 11) is 0. The highest BCUT2D eigenvalue weighted by atomic mass is 16.2. The summed E-state index contributed by atoms with van der Waals surface area (Å²) in [4.78, 5) is 24.4. The van der Waals surface area contributed by atoms with E-state index < -0.39 is 11.8 Å². The Morgan fingerprint density at radius 1 is 0.840 bits per heavy atom. The number of anilines is 2. The van der Waals surface area contributed by atoms with Gasteiger partial charge in [-0.05, 0) is 29.7 Å². The maximum absolute atomic E-state index is 12.2. The summed E-state index contributed by atoms with van der Waals surface area (Å²) in [6.07, 6.45) is 1.69. The molecule has 0 radical (unpaired) electrons. The molecule has 6 heteroatoms. The molecule has 0 aliphatic heterocycles. The summed E-state index contributed by atoms with van der Waals surface area (Å²) in [6.45, 7) is 0. The van der Waals surface area contributed by atoms with Crippen LogP contribution < -0.4 is 10.6 Å². The van der Waals surface area contributed by atoms with E-state index in [1.807, 2.05) is 42.5 Å². The highest BCUT2D eigenvalue weighted by Gasteiger charge is 2.15. The van der Waals surface area contributed by atoms with Crippen LogP contribution in [0, 0.1) is 0 Å². The molecule has 0 fully saturated rings. The van der Waals surface area contributed by atoms with Crippen molar-refractivity contribution in [2.75, 3.05) is 10.6 Å². The van der Waals surface area contributed by atoms with E-state index in [9.17, 15) is 9.59 Å². The second-order valence-corrected chi connectivity index (χ2v) is 5.61. The van der Waals surface area contributed by atoms with E-state index in [0.29, 0.717) is 11.4 Å². The fourth-order valence-corrected chi connectivity index (χ4v) is 2.72. The Hall–Kier alpha value is -3.67. The molecule has 1 aromatic heterocycles. The normalized spacial score (nSPS) is 10.7. The Morgan fingerprint density at radius 2 is 1.64 bits per heavy atom. The first-order valence-electron chi connectivity index (χ1n) is 7.74. The molecular formula is C19H14N4O2. The van der Waals surface area contributed by atoms with Crippen LogP contribution in [0.15, 0.2) is 66.9 Å². The molecule has 6 nitrogen and oxygen atoms in total. The summed E-state index contributed by atoms with van der Waals surface area (Å²) in [5.41, 5.74) is 1.91. The van der Waals surface area contributed by atoms with Crippen molar-refractivity contribution in [3.8, 4) is 0 Å². The number of carbonyl (C=O) groups excluding carboxylic acids is 2. The van der Waals surface area contributed by atoms with Crippen molar-refractivity contribution in [2.24, 2.45) is 0 Å². The van der Waals surface area contributed by atoms with Crippen molar-refractivity contribution in [3.63, 3.8) is 0 Å². The van der Waals surface area contributed by atoms with Gasteiger partial charge in [0.2, 0.25) is 0 Å². The molecule has 1 heterocycles. The van der Waals surface area contributed by atoms with Crippen molar-refractivity contribution < 1.29 is 9.59 Å². The Balaban J connectivity index is 1.52. The van der Waals surface area contributed by atoms with E-state index in [-0.39, 0.29) is 0 Å². The van der Waals surface area contributed by atoms with Crippen LogP contribution in [0.5, 0.6) is 0 Å². The summed E-state index contributed by atoms with van der Waals surface area (Å²) >= 11 is 0. The Bertz CT molecular complexity index is 1100. The van der Waals surface area contributed by atoms with E-state index in [0.717, 1.165) is 21.7 Å². The van der Waals surface area contributed by atoms with Crippen LogP contribution in [0.4, 0.5) is 11.4 Å². The van der Waals surface area contributed by atoms with Crippen molar-refractivity contribution >= 4 is 44.9 Å². The van der Waals surface area contributed by atoms with Gasteiger partial charge in [-0.15, -0.1) is 0 Å². The third-order valence-corrected chi connectivity index (χ3v) is 3.94. The summed E-state index contributed by atoms with van der Waals surface area (Å²) in [5, 5.41) is 14.8. The molecular weight excluding hydrogens is 316 g/mol. The smallest absolute Gasteiger partial charge is 0.314 e. The molecule has 25 heavy (non-hydrogen) atoms. The predicted octanol–water partition coefficient (Wildman–Crippen LogP) is 3.29. The zero-order valence-corrected chi connectivity index (χ0v) is 13.1. The number of hydrogen-bond donors (Lipinski definition) is 3. The van der Waals surface area contributed by atoms with Gasteiger partial charge in [0.25, 0.3) is 0 Å². The van der Waals surface area contributed by atoms with Crippen molar-refractivity contribution in [1.29, 1.82) is 0 Å². The first-order chi connectivity index (χ1) is 12.2. The lowest BCUT2D eigenvalue weighted by Crippen LogP contribution is -2.29. The van der Waals surface area contributed by atoms with Crippen LogP contribution in [0.25, 0.3) is 21.7 Å². The number of rotatable bonds is 2. The number of H-pyrrole nitrogens is 1. The highest BCUT2D eigenvalue weighted by molar-refractivity contribution is 6.44. The lowest BCUT2D eigenvalue weighted by molar-refractivity contribution is -0.132. The van der Waals surface area contributed by atoms with Gasteiger partial charge >= 0.3 is 11.8 Å². The molecule has 0 atom stereocenters. The van der Waals surface area contributed by atoms with Crippen LogP contribution in [-0.4, -0.2) is 22.0 Å². The molecule has 0 saturated heterocycles. The van der Waals surface area contributed by atoms with Crippen LogP contribution in [0.1, 0.15) is 0 Å². The fraction of sp³-hybridized carbons (Fsp3) is 0. The van der Waals surface area contributed by atoms with Gasteiger partial charge in [-0.25, -0.2) is 0 Å². The maximum atomic E-state index is 12.2. The largest absolute Gasteiger partial charge is 0.318 e. The number of hydrogen-bond acceptors (Lipinski definition) is 3. The summed E-state index contributed by atoms with van der Waals surface area (Å²) < 4.78 is 0. The summed E-state index contributed by atoms with van der Waals surface area (Å²) in [6, 6.07) is 18.5. The van der Waals surface area contributed by atoms with E-state index in [1.165, 1.54) is 0 Å². The molecule has 4 rings (SSSR count). The number of aromatic amines is 1. The number of nitrogens with one attached hydrogen (secondary N) is 3. The third kappa shape index (κ3) is 2.92. The minimum Gasteiger partial charge on any atom is -0.318 e. The SMILES string of the molecule is O=C(Nc1ccc2cn[nH]c2c1)C(=O)Nc1cccc2ccccc12. The van der Waals surface area contributed by atoms with E-state index in [2.05, 4.69) is 20.8 Å². The van der Waals surface area contributed by atoms with Crippen molar-refractivity contribution in [3.05, 3.63) is 66.9 Å². The second-order valence-electron chi connectivity index (χ2n) is 5.61. The zero-order chi connectivity index (χ0) is 17.2. The predicted molar refractivity (Wildman–Crippen MR) is 97.3 cm³/mol. The number of benzene rings is 3. The standard InChI is InChI=1S/C19H14N4O2/c24-18(21-14-9-8-13-11-20-23-17(13)10-14)19(25)22-16-7-3-5-12-4-1-2-6-15(12)16/h1-11H,(H,20,23)(H,21,24)(H,22,25). The van der Waals surface area contributed by atoms with Crippen molar-refractivity contribution in [2.45, 2.75) is 0 Å². The highest BCUT2D eigenvalue weighted by Crippen LogP contribution is 2.23. The average molecular weight is 330 g/mol. The quantitative estimate of drug-likeness (QED) is 0.493. The number of amides is 2. The minimum atomic E-state index is -0.730.